The molecule has 0 bridgehead atoms. The summed E-state index contributed by atoms with van der Waals surface area (Å²) in [6.45, 7) is 12.4. The van der Waals surface area contributed by atoms with Crippen LogP contribution in [0.4, 0.5) is 5.69 Å². The van der Waals surface area contributed by atoms with E-state index < -0.39 is 0 Å². The third-order valence-corrected chi connectivity index (χ3v) is 14.6. The van der Waals surface area contributed by atoms with Crippen LogP contribution in [-0.2, 0) is 42.4 Å². The van der Waals surface area contributed by atoms with Crippen molar-refractivity contribution in [3.8, 4) is 5.75 Å². The Hall–Kier alpha value is -3.35. The molecule has 0 aliphatic heterocycles. The van der Waals surface area contributed by atoms with Gasteiger partial charge in [-0.2, -0.15) is 0 Å². The standard InChI is InChI=1S/C53H66Br2N2O2/c1-7-20-37-24-19-25-38(21-8-2)49(37)56-50(36(9-3)34-53(4,5)41-26-11-10-12-27-41)46(35-57-30-17-18-31-57)59-52-45(55)33-40-23-14-16-29-43(40)48(52)47-42-28-15-13-22-39(42)32-44(54)51(47)58-6/h10-12,17-19,24-27,30-33,36,40,43,46H,7-9,13-16,20-23,28-29,34-35H2,1-6H3/t36?,40?,43?,46-/m0/s1. The molecular formula is C53H66Br2N2O2. The quantitative estimate of drug-likeness (QED) is 0.0989. The van der Waals surface area contributed by atoms with Crippen molar-refractivity contribution in [1.29, 1.82) is 0 Å². The summed E-state index contributed by atoms with van der Waals surface area (Å²) in [5, 5.41) is 0. The van der Waals surface area contributed by atoms with Gasteiger partial charge in [-0.15, -0.1) is 0 Å². The average molecular weight is 923 g/mol. The van der Waals surface area contributed by atoms with E-state index in [1.54, 1.807) is 0 Å². The number of aromatic nitrogens is 1. The zero-order chi connectivity index (χ0) is 41.5. The van der Waals surface area contributed by atoms with Gasteiger partial charge in [0.1, 0.15) is 11.5 Å². The maximum atomic E-state index is 7.90. The van der Waals surface area contributed by atoms with Crippen LogP contribution in [0, 0.1) is 17.8 Å². The number of aryl methyl sites for hydroxylation is 3. The molecule has 6 heteroatoms. The van der Waals surface area contributed by atoms with E-state index in [9.17, 15) is 0 Å². The minimum Gasteiger partial charge on any atom is -0.495 e. The third-order valence-electron chi connectivity index (χ3n) is 13.4. The molecular weight excluding hydrogens is 856 g/mol. The van der Waals surface area contributed by atoms with Crippen LogP contribution in [0.3, 0.4) is 0 Å². The lowest BCUT2D eigenvalue weighted by Gasteiger charge is -2.40. The molecule has 3 aromatic carbocycles. The highest BCUT2D eigenvalue weighted by Crippen LogP contribution is 2.54. The zero-order valence-electron chi connectivity index (χ0n) is 36.5. The second-order valence-corrected chi connectivity index (χ2v) is 19.6. The number of allylic oxidation sites excluding steroid dienone is 3. The molecule has 3 unspecified atom stereocenters. The highest BCUT2D eigenvalue weighted by Gasteiger charge is 2.40. The van der Waals surface area contributed by atoms with Crippen molar-refractivity contribution in [3.05, 3.63) is 133 Å². The molecule has 314 valence electrons. The van der Waals surface area contributed by atoms with Crippen molar-refractivity contribution in [2.45, 2.75) is 143 Å². The highest BCUT2D eigenvalue weighted by atomic mass is 79.9. The lowest BCUT2D eigenvalue weighted by molar-refractivity contribution is 0.152. The molecule has 1 fully saturated rings. The second kappa shape index (κ2) is 20.0. The summed E-state index contributed by atoms with van der Waals surface area (Å²) in [7, 11) is 1.84. The maximum Gasteiger partial charge on any atom is 0.155 e. The van der Waals surface area contributed by atoms with Crippen LogP contribution in [0.2, 0.25) is 0 Å². The van der Waals surface area contributed by atoms with Gasteiger partial charge in [-0.3, -0.25) is 4.99 Å². The summed E-state index contributed by atoms with van der Waals surface area (Å²) < 4.78 is 18.7. The zero-order valence-corrected chi connectivity index (χ0v) is 39.6. The number of fused-ring (bicyclic) bond motifs is 2. The topological polar surface area (TPSA) is 35.8 Å². The second-order valence-electron chi connectivity index (χ2n) is 17.9. The molecule has 0 N–H and O–H groups in total. The van der Waals surface area contributed by atoms with Gasteiger partial charge >= 0.3 is 0 Å². The SMILES string of the molecule is CCCc1cccc(CCC)c1N=C(C(CC)CC(C)(C)c1ccccc1)[C@H](Cn1cccc1)OC1=C(c2c3c(cc(Br)c2OC)CCCC3)C2CCCCC2C=C1Br. The summed E-state index contributed by atoms with van der Waals surface area (Å²) in [5.41, 5.74) is 11.7. The van der Waals surface area contributed by atoms with Crippen molar-refractivity contribution >= 4 is 48.8 Å². The van der Waals surface area contributed by atoms with Crippen molar-refractivity contribution in [2.24, 2.45) is 22.7 Å². The molecule has 4 atom stereocenters. The van der Waals surface area contributed by atoms with E-state index in [0.29, 0.717) is 18.4 Å². The summed E-state index contributed by atoms with van der Waals surface area (Å²) in [6, 6.07) is 24.5. The fraction of sp³-hybridized carbons (Fsp3) is 0.491. The minimum absolute atomic E-state index is 0.0797. The molecule has 1 aromatic heterocycles. The van der Waals surface area contributed by atoms with Crippen LogP contribution in [0.1, 0.15) is 132 Å². The van der Waals surface area contributed by atoms with Gasteiger partial charge in [0.25, 0.3) is 0 Å². The largest absolute Gasteiger partial charge is 0.495 e. The molecule has 1 heterocycles. The van der Waals surface area contributed by atoms with Gasteiger partial charge in [0, 0.05) is 29.4 Å². The first-order chi connectivity index (χ1) is 28.7. The van der Waals surface area contributed by atoms with Gasteiger partial charge < -0.3 is 14.0 Å². The highest BCUT2D eigenvalue weighted by molar-refractivity contribution is 9.12. The molecule has 0 radical (unpaired) electrons. The Bertz CT molecular complexity index is 2110. The monoisotopic (exact) mass is 920 g/mol. The number of methoxy groups -OCH3 is 1. The van der Waals surface area contributed by atoms with Crippen LogP contribution >= 0.6 is 31.9 Å². The smallest absolute Gasteiger partial charge is 0.155 e. The van der Waals surface area contributed by atoms with Gasteiger partial charge in [0.15, 0.2) is 6.10 Å². The summed E-state index contributed by atoms with van der Waals surface area (Å²) in [5.74, 6) is 2.88. The van der Waals surface area contributed by atoms with Crippen molar-refractivity contribution < 1.29 is 9.47 Å². The lowest BCUT2D eigenvalue weighted by atomic mass is 9.69. The first kappa shape index (κ1) is 43.7. The van der Waals surface area contributed by atoms with Crippen LogP contribution in [-0.4, -0.2) is 23.5 Å². The Morgan fingerprint density at radius 2 is 1.56 bits per heavy atom. The van der Waals surface area contributed by atoms with E-state index in [1.807, 2.05) is 7.11 Å². The summed E-state index contributed by atoms with van der Waals surface area (Å²) in [4.78, 5) is 6.00. The van der Waals surface area contributed by atoms with Crippen LogP contribution in [0.25, 0.3) is 5.57 Å². The summed E-state index contributed by atoms with van der Waals surface area (Å²) in [6.07, 6.45) is 22.0. The normalized spacial score (nSPS) is 19.5. The number of rotatable bonds is 17. The number of para-hydroxylation sites is 1. The van der Waals surface area contributed by atoms with E-state index in [-0.39, 0.29) is 17.4 Å². The molecule has 1 saturated carbocycles. The van der Waals surface area contributed by atoms with Crippen molar-refractivity contribution in [3.63, 3.8) is 0 Å². The average Bonchev–Trinajstić information content (AvgIpc) is 3.76. The number of nitrogens with zero attached hydrogens (tertiary/aromatic N) is 2. The van der Waals surface area contributed by atoms with Crippen molar-refractivity contribution in [1.82, 2.24) is 4.57 Å². The minimum atomic E-state index is -0.330. The van der Waals surface area contributed by atoms with Gasteiger partial charge in [-0.1, -0.05) is 115 Å². The number of ether oxygens (including phenoxy) is 2. The molecule has 3 aliphatic rings. The van der Waals surface area contributed by atoms with E-state index in [0.717, 1.165) is 89.7 Å². The fourth-order valence-corrected chi connectivity index (χ4v) is 11.7. The molecule has 7 rings (SSSR count). The first-order valence-corrected chi connectivity index (χ1v) is 24.3. The number of benzene rings is 3. The van der Waals surface area contributed by atoms with E-state index in [4.69, 9.17) is 14.5 Å². The number of aliphatic imine (C=N–C) groups is 1. The van der Waals surface area contributed by atoms with Gasteiger partial charge in [-0.05, 0) is 159 Å². The number of halogens is 2. The third kappa shape index (κ3) is 9.75. The molecule has 0 saturated heterocycles. The Labute approximate surface area is 372 Å². The Morgan fingerprint density at radius 1 is 0.864 bits per heavy atom. The molecule has 4 nitrogen and oxygen atoms in total. The molecule has 3 aliphatic carbocycles. The van der Waals surface area contributed by atoms with Crippen molar-refractivity contribution in [2.75, 3.05) is 7.11 Å². The lowest BCUT2D eigenvalue weighted by Crippen LogP contribution is -2.38. The van der Waals surface area contributed by atoms with Crippen LogP contribution in [0.15, 0.2) is 105 Å². The van der Waals surface area contributed by atoms with Crippen LogP contribution < -0.4 is 4.74 Å². The molecule has 59 heavy (non-hydrogen) atoms. The van der Waals surface area contributed by atoms with Gasteiger partial charge in [-0.25, -0.2) is 0 Å². The Kier molecular flexibility index (Phi) is 14.8. The van der Waals surface area contributed by atoms with Gasteiger partial charge in [0.2, 0.25) is 0 Å². The van der Waals surface area contributed by atoms with E-state index in [2.05, 4.69) is 156 Å². The Morgan fingerprint density at radius 3 is 2.24 bits per heavy atom. The number of hydrogen-bond acceptors (Lipinski definition) is 3. The van der Waals surface area contributed by atoms with Crippen LogP contribution in [0.5, 0.6) is 5.75 Å². The Balaban J connectivity index is 1.48. The predicted molar refractivity (Wildman–Crippen MR) is 255 cm³/mol. The summed E-state index contributed by atoms with van der Waals surface area (Å²) >= 11 is 8.22. The van der Waals surface area contributed by atoms with E-state index in [1.165, 1.54) is 71.1 Å². The first-order valence-electron chi connectivity index (χ1n) is 22.7. The number of hydrogen-bond donors (Lipinski definition) is 0. The predicted octanol–water partition coefficient (Wildman–Crippen LogP) is 15.1. The van der Waals surface area contributed by atoms with E-state index >= 15 is 0 Å². The maximum absolute atomic E-state index is 7.90. The fourth-order valence-electron chi connectivity index (χ4n) is 10.4. The molecule has 0 amide bonds. The molecule has 4 aromatic rings. The molecule has 0 spiro atoms. The van der Waals surface area contributed by atoms with Gasteiger partial charge in [0.05, 0.1) is 34.0 Å².